The molecule has 0 aliphatic heterocycles. The molecule has 1 unspecified atom stereocenters. The van der Waals surface area contributed by atoms with Crippen molar-refractivity contribution in [3.05, 3.63) is 71.5 Å². The maximum Gasteiger partial charge on any atom is 0.290 e. The van der Waals surface area contributed by atoms with E-state index in [2.05, 4.69) is 31.2 Å². The Balaban J connectivity index is 1.56. The molecule has 4 N–H and O–H groups in total. The number of para-hydroxylation sites is 1. The first-order valence-electron chi connectivity index (χ1n) is 12.9. The Morgan fingerprint density at radius 2 is 1.70 bits per heavy atom. The summed E-state index contributed by atoms with van der Waals surface area (Å²) < 4.78 is 5.94. The Morgan fingerprint density at radius 3 is 2.30 bits per heavy atom. The lowest BCUT2D eigenvalue weighted by molar-refractivity contribution is 0.0503. The Morgan fingerprint density at radius 1 is 1.05 bits per heavy atom. The number of furan rings is 1. The Labute approximate surface area is 218 Å². The molecule has 1 atom stereocenters. The normalized spacial score (nSPS) is 19.7. The van der Waals surface area contributed by atoms with Crippen LogP contribution in [0, 0.1) is 16.9 Å². The average Bonchev–Trinajstić information content (AvgIpc) is 3.31. The van der Waals surface area contributed by atoms with Crippen molar-refractivity contribution in [2.24, 2.45) is 22.2 Å². The van der Waals surface area contributed by atoms with Crippen molar-refractivity contribution in [1.82, 2.24) is 10.2 Å². The predicted octanol–water partition coefficient (Wildman–Crippen LogP) is 6.07. The van der Waals surface area contributed by atoms with Gasteiger partial charge in [0.2, 0.25) is 5.79 Å². The van der Waals surface area contributed by atoms with Crippen LogP contribution in [0.15, 0.2) is 64.1 Å². The van der Waals surface area contributed by atoms with Gasteiger partial charge in [-0.25, -0.2) is 5.53 Å². The molecule has 2 amide bonds. The summed E-state index contributed by atoms with van der Waals surface area (Å²) in [6, 6.07) is 16.7. The SMILES string of the molecule is CC(N)(N=N)NC(=O)c1ccc(CN(C(=O)c2cc3ccccc3o2)C2CCC(C(C)(C)C)CC2)cc1. The van der Waals surface area contributed by atoms with E-state index in [0.29, 0.717) is 29.4 Å². The predicted molar refractivity (Wildman–Crippen MR) is 143 cm³/mol. The molecular weight excluding hydrogens is 466 g/mol. The van der Waals surface area contributed by atoms with Crippen LogP contribution in [0.25, 0.3) is 11.0 Å². The molecule has 1 heterocycles. The highest BCUT2D eigenvalue weighted by Gasteiger charge is 2.34. The van der Waals surface area contributed by atoms with Gasteiger partial charge in [-0.1, -0.05) is 51.1 Å². The molecule has 8 heteroatoms. The number of nitrogens with one attached hydrogen (secondary N) is 2. The third-order valence-electron chi connectivity index (χ3n) is 7.43. The van der Waals surface area contributed by atoms with Gasteiger partial charge in [0.25, 0.3) is 11.8 Å². The van der Waals surface area contributed by atoms with Crippen LogP contribution in [0.2, 0.25) is 0 Å². The zero-order chi connectivity index (χ0) is 26.8. The van der Waals surface area contributed by atoms with E-state index in [1.54, 1.807) is 12.1 Å². The third kappa shape index (κ3) is 6.25. The number of fused-ring (bicyclic) bond motifs is 1. The number of rotatable bonds is 7. The minimum atomic E-state index is -1.46. The van der Waals surface area contributed by atoms with Crippen LogP contribution in [0.3, 0.4) is 0 Å². The largest absolute Gasteiger partial charge is 0.451 e. The van der Waals surface area contributed by atoms with Crippen molar-refractivity contribution in [2.75, 3.05) is 0 Å². The van der Waals surface area contributed by atoms with Gasteiger partial charge in [-0.15, -0.1) is 0 Å². The van der Waals surface area contributed by atoms with Crippen molar-refractivity contribution in [1.29, 1.82) is 5.53 Å². The number of carbonyl (C=O) groups is 2. The Bertz CT molecular complexity index is 1230. The molecular formula is C29H37N5O3. The van der Waals surface area contributed by atoms with Gasteiger partial charge in [0.05, 0.1) is 0 Å². The summed E-state index contributed by atoms with van der Waals surface area (Å²) in [7, 11) is 0. The fraction of sp³-hybridized carbons (Fsp3) is 0.448. The lowest BCUT2D eigenvalue weighted by Crippen LogP contribution is -2.51. The summed E-state index contributed by atoms with van der Waals surface area (Å²) in [6.07, 6.45) is 4.05. The monoisotopic (exact) mass is 503 g/mol. The van der Waals surface area contributed by atoms with E-state index in [4.69, 9.17) is 15.7 Å². The van der Waals surface area contributed by atoms with Crippen LogP contribution < -0.4 is 11.1 Å². The van der Waals surface area contributed by atoms with E-state index in [0.717, 1.165) is 36.6 Å². The second-order valence-electron chi connectivity index (χ2n) is 11.4. The molecule has 0 spiro atoms. The standard InChI is InChI=1S/C29H37N5O3/c1-28(2,3)22-13-15-23(16-14-22)34(27(36)25-17-21-7-5-6-8-24(21)37-25)18-19-9-11-20(12-10-19)26(35)32-29(4,30)33-31/h5-12,17,22-23,31H,13-16,18,30H2,1-4H3,(H,32,35). The van der Waals surface area contributed by atoms with Gasteiger partial charge < -0.3 is 14.6 Å². The second kappa shape index (κ2) is 10.5. The molecule has 1 aliphatic rings. The maximum absolute atomic E-state index is 13.8. The molecule has 37 heavy (non-hydrogen) atoms. The lowest BCUT2D eigenvalue weighted by atomic mass is 9.71. The molecule has 4 rings (SSSR count). The van der Waals surface area contributed by atoms with Crippen LogP contribution in [0.5, 0.6) is 0 Å². The molecule has 196 valence electrons. The van der Waals surface area contributed by atoms with Crippen LogP contribution in [-0.2, 0) is 6.54 Å². The van der Waals surface area contributed by atoms with E-state index in [9.17, 15) is 9.59 Å². The quantitative estimate of drug-likeness (QED) is 0.267. The molecule has 0 radical (unpaired) electrons. The topological polar surface area (TPSA) is 125 Å². The van der Waals surface area contributed by atoms with Crippen molar-refractivity contribution in [2.45, 2.75) is 71.8 Å². The minimum Gasteiger partial charge on any atom is -0.451 e. The first-order chi connectivity index (χ1) is 17.5. The van der Waals surface area contributed by atoms with Gasteiger partial charge in [-0.2, -0.15) is 5.11 Å². The number of hydrogen-bond donors (Lipinski definition) is 3. The first kappa shape index (κ1) is 26.5. The summed E-state index contributed by atoms with van der Waals surface area (Å²) in [6.45, 7) is 8.73. The van der Waals surface area contributed by atoms with Gasteiger partial charge >= 0.3 is 0 Å². The fourth-order valence-electron chi connectivity index (χ4n) is 5.14. The van der Waals surface area contributed by atoms with Crippen LogP contribution in [-0.4, -0.2) is 28.5 Å². The molecule has 2 aromatic carbocycles. The van der Waals surface area contributed by atoms with Gasteiger partial charge in [-0.3, -0.25) is 15.3 Å². The van der Waals surface area contributed by atoms with Gasteiger partial charge in [0, 0.05) is 23.5 Å². The number of benzene rings is 2. The molecule has 1 aromatic heterocycles. The second-order valence-corrected chi connectivity index (χ2v) is 11.4. The number of nitrogens with zero attached hydrogens (tertiary/aromatic N) is 2. The average molecular weight is 504 g/mol. The lowest BCUT2D eigenvalue weighted by Gasteiger charge is -2.41. The van der Waals surface area contributed by atoms with Crippen LogP contribution >= 0.6 is 0 Å². The van der Waals surface area contributed by atoms with E-state index >= 15 is 0 Å². The molecule has 1 aliphatic carbocycles. The van der Waals surface area contributed by atoms with Crippen molar-refractivity contribution >= 4 is 22.8 Å². The zero-order valence-electron chi connectivity index (χ0n) is 22.1. The number of hydrogen-bond acceptors (Lipinski definition) is 6. The fourth-order valence-corrected chi connectivity index (χ4v) is 5.14. The zero-order valence-corrected chi connectivity index (χ0v) is 22.1. The van der Waals surface area contributed by atoms with Gasteiger partial charge in [0.15, 0.2) is 5.76 Å². The summed E-state index contributed by atoms with van der Waals surface area (Å²) in [5.41, 5.74) is 15.1. The molecule has 0 saturated heterocycles. The molecule has 1 saturated carbocycles. The Kier molecular flexibility index (Phi) is 7.50. The summed E-state index contributed by atoms with van der Waals surface area (Å²) >= 11 is 0. The van der Waals surface area contributed by atoms with Gasteiger partial charge in [0.1, 0.15) is 5.58 Å². The summed E-state index contributed by atoms with van der Waals surface area (Å²) in [5, 5.41) is 6.64. The van der Waals surface area contributed by atoms with E-state index in [1.165, 1.54) is 6.92 Å². The highest BCUT2D eigenvalue weighted by molar-refractivity contribution is 5.96. The van der Waals surface area contributed by atoms with E-state index in [1.807, 2.05) is 47.4 Å². The molecule has 1 fully saturated rings. The van der Waals surface area contributed by atoms with Gasteiger partial charge in [-0.05, 0) is 73.8 Å². The summed E-state index contributed by atoms with van der Waals surface area (Å²) in [5.74, 6) is -1.02. The van der Waals surface area contributed by atoms with Crippen LogP contribution in [0.1, 0.15) is 79.9 Å². The highest BCUT2D eigenvalue weighted by atomic mass is 16.3. The third-order valence-corrected chi connectivity index (χ3v) is 7.43. The van der Waals surface area contributed by atoms with Crippen molar-refractivity contribution in [3.63, 3.8) is 0 Å². The van der Waals surface area contributed by atoms with Crippen LogP contribution in [0.4, 0.5) is 0 Å². The Hall–Kier alpha value is -3.52. The van der Waals surface area contributed by atoms with Crippen molar-refractivity contribution < 1.29 is 14.0 Å². The molecule has 3 aromatic rings. The van der Waals surface area contributed by atoms with E-state index in [-0.39, 0.29) is 17.4 Å². The number of nitrogens with two attached hydrogens (primary N) is 1. The smallest absolute Gasteiger partial charge is 0.290 e. The molecule has 8 nitrogen and oxygen atoms in total. The first-order valence-corrected chi connectivity index (χ1v) is 12.9. The molecule has 0 bridgehead atoms. The number of carbonyl (C=O) groups excluding carboxylic acids is 2. The van der Waals surface area contributed by atoms with Crippen molar-refractivity contribution in [3.8, 4) is 0 Å². The minimum absolute atomic E-state index is 0.110. The van der Waals surface area contributed by atoms with E-state index < -0.39 is 11.7 Å². The number of amides is 2. The summed E-state index contributed by atoms with van der Waals surface area (Å²) in [4.78, 5) is 28.2. The highest BCUT2D eigenvalue weighted by Crippen LogP contribution is 2.39. The maximum atomic E-state index is 13.8.